The third-order valence-corrected chi connectivity index (χ3v) is 8.25. The molecule has 0 atom stereocenters. The molecule has 0 saturated heterocycles. The van der Waals surface area contributed by atoms with Gasteiger partial charge < -0.3 is 4.74 Å². The Labute approximate surface area is 257 Å². The van der Waals surface area contributed by atoms with E-state index in [1.165, 1.54) is 29.9 Å². The third kappa shape index (κ3) is 7.15. The van der Waals surface area contributed by atoms with Gasteiger partial charge in [0, 0.05) is 28.3 Å². The van der Waals surface area contributed by atoms with Crippen LogP contribution in [0, 0.1) is 10.2 Å². The molecule has 1 aliphatic carbocycles. The second-order valence-electron chi connectivity index (χ2n) is 10.1. The van der Waals surface area contributed by atoms with Gasteiger partial charge in [-0.05, 0) is 59.9 Å². The van der Waals surface area contributed by atoms with Crippen LogP contribution in [-0.2, 0) is 29.5 Å². The Bertz CT molecular complexity index is 1890. The molecule has 44 heavy (non-hydrogen) atoms. The predicted octanol–water partition coefficient (Wildman–Crippen LogP) is 1.62. The van der Waals surface area contributed by atoms with Crippen LogP contribution in [0.5, 0.6) is 5.75 Å². The van der Waals surface area contributed by atoms with E-state index >= 15 is 0 Å². The van der Waals surface area contributed by atoms with Crippen LogP contribution in [0.15, 0.2) is 114 Å². The summed E-state index contributed by atoms with van der Waals surface area (Å²) < 4.78 is 76.1. The van der Waals surface area contributed by atoms with Crippen molar-refractivity contribution in [1.29, 1.82) is 0 Å². The van der Waals surface area contributed by atoms with Gasteiger partial charge in [-0.15, -0.1) is 10.2 Å². The molecule has 226 valence electrons. The fourth-order valence-electron chi connectivity index (χ4n) is 5.58. The number of nitrogens with zero attached hydrogens (tertiary/aromatic N) is 1. The summed E-state index contributed by atoms with van der Waals surface area (Å²) in [7, 11) is -8.04. The smallest absolute Gasteiger partial charge is 0.298 e. The first-order valence-electron chi connectivity index (χ1n) is 13.5. The summed E-state index contributed by atoms with van der Waals surface area (Å²) >= 11 is 0. The maximum Gasteiger partial charge on any atom is 0.298 e. The van der Waals surface area contributed by atoms with E-state index in [2.05, 4.69) is 71.3 Å². The van der Waals surface area contributed by atoms with Gasteiger partial charge in [0.2, 0.25) is 11.4 Å². The van der Waals surface area contributed by atoms with Crippen molar-refractivity contribution in [3.63, 3.8) is 0 Å². The summed E-state index contributed by atoms with van der Waals surface area (Å²) in [4.78, 5) is -0.241. The minimum absolute atomic E-state index is 0.110. The third-order valence-electron chi connectivity index (χ3n) is 7.38. The molecular formula is C33H28ClNO8S. The number of benzene rings is 4. The minimum atomic E-state index is -4.94. The second-order valence-corrected chi connectivity index (χ2v) is 12.2. The van der Waals surface area contributed by atoms with Crippen molar-refractivity contribution in [2.45, 2.75) is 24.3 Å². The summed E-state index contributed by atoms with van der Waals surface area (Å²) in [6.45, 7) is 0.681. The maximum absolute atomic E-state index is 12.3. The average molecular weight is 634 g/mol. The Balaban J connectivity index is 0.000000712. The van der Waals surface area contributed by atoms with Gasteiger partial charge in [-0.25, -0.2) is 18.6 Å². The number of fused-ring (bicyclic) bond motifs is 3. The molecule has 5 aromatic rings. The number of aromatic nitrogens is 1. The van der Waals surface area contributed by atoms with E-state index in [0.29, 0.717) is 12.1 Å². The number of hydrogen-bond acceptors (Lipinski definition) is 7. The molecule has 9 nitrogen and oxygen atoms in total. The Kier molecular flexibility index (Phi) is 9.14. The van der Waals surface area contributed by atoms with Crippen molar-refractivity contribution in [2.24, 2.45) is 0 Å². The Morgan fingerprint density at radius 1 is 0.773 bits per heavy atom. The molecule has 0 amide bonds. The molecular weight excluding hydrogens is 606 g/mol. The molecule has 1 N–H and O–H groups in total. The lowest BCUT2D eigenvalue weighted by atomic mass is 9.83. The number of ether oxygens (including phenoxy) is 1. The lowest BCUT2D eigenvalue weighted by Gasteiger charge is -2.23. The maximum atomic E-state index is 12.3. The highest BCUT2D eigenvalue weighted by atomic mass is 35.7. The predicted molar refractivity (Wildman–Crippen MR) is 152 cm³/mol. The number of methoxy groups -OCH3 is 1. The van der Waals surface area contributed by atoms with Gasteiger partial charge >= 0.3 is 0 Å². The average Bonchev–Trinajstić information content (AvgIpc) is 3.00. The SMILES string of the molecule is COc1ccc(-c2cc(-c3ccccc3)[n+](Cc3ccccc3)c3c2CCc2ccccc2-3)cc1S(=O)(=O)O.[O-][Cl+3]([O-])([O-])[O-]. The second kappa shape index (κ2) is 12.8. The Hall–Kier alpha value is -4.13. The van der Waals surface area contributed by atoms with Crippen LogP contribution in [-0.4, -0.2) is 20.1 Å². The molecule has 6 rings (SSSR count). The number of rotatable bonds is 6. The van der Waals surface area contributed by atoms with Crippen molar-refractivity contribution in [2.75, 3.05) is 7.11 Å². The van der Waals surface area contributed by atoms with E-state index in [-0.39, 0.29) is 10.6 Å². The quantitative estimate of drug-likeness (QED) is 0.218. The Morgan fingerprint density at radius 2 is 1.39 bits per heavy atom. The highest BCUT2D eigenvalue weighted by Crippen LogP contribution is 2.40. The van der Waals surface area contributed by atoms with Crippen LogP contribution in [0.1, 0.15) is 16.7 Å². The molecule has 0 spiro atoms. The largest absolute Gasteiger partial charge is 0.495 e. The van der Waals surface area contributed by atoms with Crippen LogP contribution in [0.2, 0.25) is 0 Å². The van der Waals surface area contributed by atoms with Crippen molar-refractivity contribution >= 4 is 10.1 Å². The summed E-state index contributed by atoms with van der Waals surface area (Å²) in [5.41, 5.74) is 9.66. The van der Waals surface area contributed by atoms with Gasteiger partial charge in [0.05, 0.1) is 7.11 Å². The first-order chi connectivity index (χ1) is 20.9. The monoisotopic (exact) mass is 633 g/mol. The summed E-state index contributed by atoms with van der Waals surface area (Å²) in [5, 5.41) is 0. The zero-order valence-corrected chi connectivity index (χ0v) is 25.1. The van der Waals surface area contributed by atoms with E-state index in [4.69, 9.17) is 23.4 Å². The number of halogens is 1. The van der Waals surface area contributed by atoms with Gasteiger partial charge in [-0.2, -0.15) is 13.0 Å². The van der Waals surface area contributed by atoms with Crippen LogP contribution in [0.4, 0.5) is 0 Å². The molecule has 0 aliphatic heterocycles. The van der Waals surface area contributed by atoms with Crippen LogP contribution in [0.25, 0.3) is 33.6 Å². The molecule has 0 saturated carbocycles. The van der Waals surface area contributed by atoms with E-state index < -0.39 is 20.4 Å². The van der Waals surface area contributed by atoms with Gasteiger partial charge in [0.25, 0.3) is 10.1 Å². The highest BCUT2D eigenvalue weighted by molar-refractivity contribution is 7.86. The molecule has 4 aromatic carbocycles. The first-order valence-corrected chi connectivity index (χ1v) is 16.2. The van der Waals surface area contributed by atoms with E-state index in [1.54, 1.807) is 6.07 Å². The van der Waals surface area contributed by atoms with Gasteiger partial charge in [-0.1, -0.05) is 72.8 Å². The van der Waals surface area contributed by atoms with Crippen LogP contribution in [0.3, 0.4) is 0 Å². The fourth-order valence-corrected chi connectivity index (χ4v) is 6.27. The lowest BCUT2D eigenvalue weighted by Crippen LogP contribution is -2.68. The molecule has 1 heterocycles. The topological polar surface area (TPSA) is 160 Å². The van der Waals surface area contributed by atoms with Gasteiger partial charge in [-0.3, -0.25) is 4.55 Å². The van der Waals surface area contributed by atoms with Gasteiger partial charge in [0.1, 0.15) is 10.6 Å². The van der Waals surface area contributed by atoms with E-state index in [9.17, 15) is 13.0 Å². The first kappa shape index (κ1) is 31.3. The van der Waals surface area contributed by atoms with Gasteiger partial charge in [0.15, 0.2) is 6.54 Å². The normalized spacial score (nSPS) is 12.4. The zero-order valence-electron chi connectivity index (χ0n) is 23.6. The van der Waals surface area contributed by atoms with Crippen LogP contribution >= 0.6 is 0 Å². The molecule has 0 bridgehead atoms. The number of pyridine rings is 1. The molecule has 1 aromatic heterocycles. The number of aryl methyl sites for hydroxylation is 1. The van der Waals surface area contributed by atoms with Crippen molar-refractivity contribution in [3.8, 4) is 39.4 Å². The van der Waals surface area contributed by atoms with Crippen molar-refractivity contribution < 1.29 is 51.2 Å². The Morgan fingerprint density at radius 3 is 2.02 bits per heavy atom. The minimum Gasteiger partial charge on any atom is -0.495 e. The van der Waals surface area contributed by atoms with Crippen LogP contribution < -0.4 is 27.9 Å². The number of hydrogen-bond donors (Lipinski definition) is 1. The van der Waals surface area contributed by atoms with Crippen molar-refractivity contribution in [1.82, 2.24) is 0 Å². The molecule has 0 radical (unpaired) electrons. The highest BCUT2D eigenvalue weighted by Gasteiger charge is 2.32. The zero-order chi connectivity index (χ0) is 31.5. The lowest BCUT2D eigenvalue weighted by molar-refractivity contribution is -2.00. The molecule has 0 fully saturated rings. The van der Waals surface area contributed by atoms with E-state index in [1.807, 2.05) is 30.3 Å². The summed E-state index contributed by atoms with van der Waals surface area (Å²) in [6.07, 6.45) is 1.69. The fraction of sp³-hybridized carbons (Fsp3) is 0.121. The molecule has 1 aliphatic rings. The summed E-state index contributed by atoms with van der Waals surface area (Å²) in [6, 6.07) is 36.3. The standard InChI is InChI=1S/C33H27NO4S.ClHO4/c1-38-31-19-17-26(20-32(31)39(35,36)37)29-21-30(25-13-6-3-7-14-25)34(22-23-10-4-2-5-11-23)33-27-15-9-8-12-24(27)16-18-28(29)33;2-1(3,4)5/h2-15,17,19-21H,16,18,22H2,1H3;(H,2,3,4,5). The van der Waals surface area contributed by atoms with E-state index in [0.717, 1.165) is 40.9 Å². The molecule has 0 unspecified atom stereocenters. The molecule has 11 heteroatoms. The van der Waals surface area contributed by atoms with Crippen molar-refractivity contribution in [3.05, 3.63) is 126 Å². The summed E-state index contributed by atoms with van der Waals surface area (Å²) in [5.74, 6) is 0.110.